The fourth-order valence-corrected chi connectivity index (χ4v) is 3.76. The van der Waals surface area contributed by atoms with E-state index in [0.717, 1.165) is 10.4 Å². The van der Waals surface area contributed by atoms with Crippen LogP contribution in [0.3, 0.4) is 0 Å². The van der Waals surface area contributed by atoms with Gasteiger partial charge >= 0.3 is 5.97 Å². The van der Waals surface area contributed by atoms with Crippen molar-refractivity contribution in [1.82, 2.24) is 4.90 Å². The van der Waals surface area contributed by atoms with Crippen LogP contribution in [0.4, 0.5) is 0 Å². The van der Waals surface area contributed by atoms with E-state index in [0.29, 0.717) is 27.6 Å². The second-order valence-corrected chi connectivity index (χ2v) is 6.81. The molecule has 3 rings (SSSR count). The molecule has 2 aromatic rings. The molecule has 1 aliphatic heterocycles. The first-order valence-electron chi connectivity index (χ1n) is 6.93. The molecule has 1 aliphatic rings. The maximum Gasteiger partial charge on any atom is 0.348 e. The van der Waals surface area contributed by atoms with Crippen molar-refractivity contribution in [2.24, 2.45) is 0 Å². The number of benzene rings is 1. The lowest BCUT2D eigenvalue weighted by Gasteiger charge is -2.22. The van der Waals surface area contributed by atoms with Gasteiger partial charge in [-0.3, -0.25) is 4.79 Å². The minimum absolute atomic E-state index is 0.0938. The van der Waals surface area contributed by atoms with Crippen LogP contribution in [0, 0.1) is 0 Å². The number of carbonyl (C=O) groups is 2. The number of halogens is 1. The summed E-state index contributed by atoms with van der Waals surface area (Å²) in [6, 6.07) is 8.52. The molecule has 4 nitrogen and oxygen atoms in total. The average molecular weight is 348 g/mol. The van der Waals surface area contributed by atoms with Gasteiger partial charge in [0.05, 0.1) is 13.7 Å². The van der Waals surface area contributed by atoms with Crippen LogP contribution < -0.4 is 0 Å². The Labute approximate surface area is 142 Å². The number of carbonyl (C=O) groups excluding carboxylic acids is 2. The summed E-state index contributed by atoms with van der Waals surface area (Å²) >= 11 is 7.24. The molecule has 0 aliphatic carbocycles. The highest BCUT2D eigenvalue weighted by molar-refractivity contribution is 7.14. The first kappa shape index (κ1) is 15.8. The molecule has 0 unspecified atom stereocenters. The van der Waals surface area contributed by atoms with E-state index in [1.54, 1.807) is 30.3 Å². The molecule has 1 aromatic carbocycles. The van der Waals surface area contributed by atoms with E-state index in [1.165, 1.54) is 18.4 Å². The molecule has 0 N–H and O–H groups in total. The molecule has 0 saturated carbocycles. The molecular weight excluding hydrogens is 334 g/mol. The van der Waals surface area contributed by atoms with Crippen molar-refractivity contribution in [3.8, 4) is 0 Å². The number of fused-ring (bicyclic) bond motifs is 1. The molecule has 118 valence electrons. The predicted octanol–water partition coefficient (Wildman–Crippen LogP) is 3.86. The molecule has 23 heavy (non-hydrogen) atoms. The van der Waals surface area contributed by atoms with Gasteiger partial charge in [0.15, 0.2) is 5.78 Å². The summed E-state index contributed by atoms with van der Waals surface area (Å²) in [6.07, 6.45) is 1.81. The maximum atomic E-state index is 12.8. The second kappa shape index (κ2) is 6.18. The van der Waals surface area contributed by atoms with Crippen LogP contribution in [0.25, 0.3) is 5.57 Å². The lowest BCUT2D eigenvalue weighted by Crippen LogP contribution is -2.18. The fourth-order valence-electron chi connectivity index (χ4n) is 2.48. The highest BCUT2D eigenvalue weighted by atomic mass is 35.5. The van der Waals surface area contributed by atoms with Crippen LogP contribution in [0.5, 0.6) is 0 Å². The molecule has 0 saturated heterocycles. The van der Waals surface area contributed by atoms with Crippen LogP contribution in [0.1, 0.15) is 30.5 Å². The van der Waals surface area contributed by atoms with Crippen molar-refractivity contribution >= 4 is 40.3 Å². The number of hydrogen-bond donors (Lipinski definition) is 0. The minimum atomic E-state index is -0.384. The molecular formula is C17H14ClNO3S. The second-order valence-electron chi connectivity index (χ2n) is 5.23. The average Bonchev–Trinajstić information content (AvgIpc) is 2.97. The van der Waals surface area contributed by atoms with Gasteiger partial charge < -0.3 is 9.64 Å². The molecule has 0 amide bonds. The number of thiophene rings is 1. The van der Waals surface area contributed by atoms with Crippen LogP contribution in [0.2, 0.25) is 5.02 Å². The zero-order valence-electron chi connectivity index (χ0n) is 12.6. The van der Waals surface area contributed by atoms with E-state index in [9.17, 15) is 9.59 Å². The number of methoxy groups -OCH3 is 1. The first-order chi connectivity index (χ1) is 11.0. The van der Waals surface area contributed by atoms with Gasteiger partial charge in [0.1, 0.15) is 4.88 Å². The zero-order valence-corrected chi connectivity index (χ0v) is 14.2. The quantitative estimate of drug-likeness (QED) is 0.625. The Morgan fingerprint density at radius 1 is 1.26 bits per heavy atom. The number of Topliss-reactive ketones (excluding diaryl/α,β-unsaturated/α-hetero) is 1. The molecule has 2 heterocycles. The Morgan fingerprint density at radius 2 is 1.96 bits per heavy atom. The van der Waals surface area contributed by atoms with E-state index in [2.05, 4.69) is 0 Å². The predicted molar refractivity (Wildman–Crippen MR) is 90.9 cm³/mol. The van der Waals surface area contributed by atoms with E-state index in [1.807, 2.05) is 18.1 Å². The summed E-state index contributed by atoms with van der Waals surface area (Å²) in [5.74, 6) is -0.478. The Balaban J connectivity index is 2.02. The third-order valence-electron chi connectivity index (χ3n) is 3.58. The summed E-state index contributed by atoms with van der Waals surface area (Å²) in [5, 5.41) is 0.584. The molecule has 1 aromatic heterocycles. The summed E-state index contributed by atoms with van der Waals surface area (Å²) in [7, 11) is 3.25. The van der Waals surface area contributed by atoms with Crippen molar-refractivity contribution in [3.63, 3.8) is 0 Å². The van der Waals surface area contributed by atoms with Crippen molar-refractivity contribution in [2.45, 2.75) is 6.54 Å². The number of hydrogen-bond acceptors (Lipinski definition) is 5. The summed E-state index contributed by atoms with van der Waals surface area (Å²) in [5.41, 5.74) is 1.93. The fraction of sp³-hybridized carbons (Fsp3) is 0.176. The number of rotatable bonds is 3. The SMILES string of the molecule is COC(=O)c1cc2c(s1)CN(C)C=C2C(=O)c1ccc(Cl)cc1. The lowest BCUT2D eigenvalue weighted by molar-refractivity contribution is 0.0606. The van der Waals surface area contributed by atoms with Crippen molar-refractivity contribution in [3.05, 3.63) is 62.4 Å². The van der Waals surface area contributed by atoms with E-state index < -0.39 is 0 Å². The topological polar surface area (TPSA) is 46.6 Å². The van der Waals surface area contributed by atoms with Crippen molar-refractivity contribution in [2.75, 3.05) is 14.2 Å². The summed E-state index contributed by atoms with van der Waals surface area (Å²) in [6.45, 7) is 0.661. The van der Waals surface area contributed by atoms with Gasteiger partial charge in [0.25, 0.3) is 0 Å². The third-order valence-corrected chi connectivity index (χ3v) is 4.93. The molecule has 0 atom stereocenters. The van der Waals surface area contributed by atoms with Gasteiger partial charge in [-0.25, -0.2) is 4.79 Å². The van der Waals surface area contributed by atoms with Gasteiger partial charge in [0, 0.05) is 39.8 Å². The Hall–Kier alpha value is -2.11. The van der Waals surface area contributed by atoms with E-state index in [4.69, 9.17) is 16.3 Å². The first-order valence-corrected chi connectivity index (χ1v) is 8.12. The van der Waals surface area contributed by atoms with Crippen LogP contribution >= 0.6 is 22.9 Å². The molecule has 6 heteroatoms. The largest absolute Gasteiger partial charge is 0.465 e. The van der Waals surface area contributed by atoms with Crippen LogP contribution in [-0.4, -0.2) is 30.8 Å². The molecule has 0 radical (unpaired) electrons. The Morgan fingerprint density at radius 3 is 2.61 bits per heavy atom. The molecule has 0 bridgehead atoms. The molecule has 0 spiro atoms. The Kier molecular flexibility index (Phi) is 4.24. The van der Waals surface area contributed by atoms with Gasteiger partial charge in [-0.15, -0.1) is 11.3 Å². The van der Waals surface area contributed by atoms with Gasteiger partial charge in [-0.2, -0.15) is 0 Å². The van der Waals surface area contributed by atoms with E-state index in [-0.39, 0.29) is 11.8 Å². The van der Waals surface area contributed by atoms with Crippen molar-refractivity contribution in [1.29, 1.82) is 0 Å². The van der Waals surface area contributed by atoms with Crippen LogP contribution in [0.15, 0.2) is 36.5 Å². The minimum Gasteiger partial charge on any atom is -0.465 e. The lowest BCUT2D eigenvalue weighted by atomic mass is 9.95. The number of ketones is 1. The monoisotopic (exact) mass is 347 g/mol. The smallest absolute Gasteiger partial charge is 0.348 e. The summed E-state index contributed by atoms with van der Waals surface area (Å²) in [4.78, 5) is 28.0. The number of allylic oxidation sites excluding steroid dienone is 1. The normalized spacial score (nSPS) is 13.3. The summed E-state index contributed by atoms with van der Waals surface area (Å²) < 4.78 is 4.77. The van der Waals surface area contributed by atoms with Gasteiger partial charge in [-0.05, 0) is 30.3 Å². The standard InChI is InChI=1S/C17H14ClNO3S/c1-19-8-13(16(20)10-3-5-11(18)6-4-10)12-7-14(17(21)22-2)23-15(12)9-19/h3-8H,9H2,1-2H3. The number of esters is 1. The maximum absolute atomic E-state index is 12.8. The zero-order chi connectivity index (χ0) is 16.6. The highest BCUT2D eigenvalue weighted by Gasteiger charge is 2.26. The highest BCUT2D eigenvalue weighted by Crippen LogP contribution is 2.35. The number of ether oxygens (including phenoxy) is 1. The number of nitrogens with zero attached hydrogens (tertiary/aromatic N) is 1. The van der Waals surface area contributed by atoms with Crippen molar-refractivity contribution < 1.29 is 14.3 Å². The van der Waals surface area contributed by atoms with Gasteiger partial charge in [0.2, 0.25) is 0 Å². The Bertz CT molecular complexity index is 808. The van der Waals surface area contributed by atoms with Gasteiger partial charge in [-0.1, -0.05) is 11.6 Å². The van der Waals surface area contributed by atoms with E-state index >= 15 is 0 Å². The third kappa shape index (κ3) is 3.02. The van der Waals surface area contributed by atoms with Crippen LogP contribution in [-0.2, 0) is 11.3 Å². The molecule has 0 fully saturated rings.